The number of ether oxygens (including phenoxy) is 3. The summed E-state index contributed by atoms with van der Waals surface area (Å²) >= 11 is 0. The Balaban J connectivity index is 2.82. The fraction of sp³-hybridized carbons (Fsp3) is 0.625. The van der Waals surface area contributed by atoms with Gasteiger partial charge in [0.1, 0.15) is 23.0 Å². The summed E-state index contributed by atoms with van der Waals surface area (Å²) < 4.78 is 15.9. The number of nitrogens with zero attached hydrogens (tertiary/aromatic N) is 1. The lowest BCUT2D eigenvalue weighted by molar-refractivity contribution is -0.158. The zero-order valence-electron chi connectivity index (χ0n) is 20.9. The average molecular weight is 483 g/mol. The zero-order valence-corrected chi connectivity index (χ0v) is 20.9. The standard InChI is InChI=1S/C24H38N2O8/c1-23(2,3)33-20(29)12-11-19(21(30)34-24(4,5)6)25-22(31)32-18-9-7-17(8-10-18)26(13-15-27)14-16-28/h7-10,19,27-28H,11-16H2,1-6H3,(H,25,31)/t19-/m0/s1. The molecule has 0 saturated heterocycles. The molecule has 1 atom stereocenters. The molecule has 10 nitrogen and oxygen atoms in total. The number of nitrogens with one attached hydrogen (secondary N) is 1. The molecule has 34 heavy (non-hydrogen) atoms. The zero-order chi connectivity index (χ0) is 25.9. The number of anilines is 1. The van der Waals surface area contributed by atoms with Crippen LogP contribution < -0.4 is 15.0 Å². The molecule has 0 saturated carbocycles. The van der Waals surface area contributed by atoms with Gasteiger partial charge < -0.3 is 34.6 Å². The van der Waals surface area contributed by atoms with E-state index in [1.54, 1.807) is 70.7 Å². The molecule has 0 aliphatic rings. The molecule has 1 amide bonds. The minimum absolute atomic E-state index is 0.0187. The molecule has 0 heterocycles. The fourth-order valence-corrected chi connectivity index (χ4v) is 2.89. The van der Waals surface area contributed by atoms with Crippen molar-refractivity contribution in [3.63, 3.8) is 0 Å². The maximum Gasteiger partial charge on any atom is 0.413 e. The number of amides is 1. The molecule has 0 aliphatic heterocycles. The van der Waals surface area contributed by atoms with Gasteiger partial charge in [-0.2, -0.15) is 0 Å². The van der Waals surface area contributed by atoms with Gasteiger partial charge in [0.2, 0.25) is 0 Å². The Kier molecular flexibility index (Phi) is 11.3. The molecule has 0 unspecified atom stereocenters. The monoisotopic (exact) mass is 482 g/mol. The van der Waals surface area contributed by atoms with Gasteiger partial charge in [0.25, 0.3) is 0 Å². The first-order valence-electron chi connectivity index (χ1n) is 11.2. The van der Waals surface area contributed by atoms with Crippen molar-refractivity contribution >= 4 is 23.7 Å². The molecule has 1 aromatic carbocycles. The van der Waals surface area contributed by atoms with Crippen molar-refractivity contribution in [1.29, 1.82) is 0 Å². The maximum absolute atomic E-state index is 12.6. The summed E-state index contributed by atoms with van der Waals surface area (Å²) in [6.07, 6.45) is -0.994. The highest BCUT2D eigenvalue weighted by Crippen LogP contribution is 2.20. The highest BCUT2D eigenvalue weighted by atomic mass is 16.6. The van der Waals surface area contributed by atoms with Gasteiger partial charge in [0.05, 0.1) is 13.2 Å². The number of aliphatic hydroxyl groups is 2. The van der Waals surface area contributed by atoms with E-state index >= 15 is 0 Å². The van der Waals surface area contributed by atoms with Gasteiger partial charge in [0, 0.05) is 25.2 Å². The Hall–Kier alpha value is -2.85. The first kappa shape index (κ1) is 29.2. The number of carbonyl (C=O) groups excluding carboxylic acids is 3. The van der Waals surface area contributed by atoms with Crippen molar-refractivity contribution in [3.05, 3.63) is 24.3 Å². The summed E-state index contributed by atoms with van der Waals surface area (Å²) in [6, 6.07) is 5.37. The van der Waals surface area contributed by atoms with Crippen LogP contribution in [0.15, 0.2) is 24.3 Å². The molecular formula is C24H38N2O8. The molecule has 192 valence electrons. The molecule has 0 radical (unpaired) electrons. The molecule has 3 N–H and O–H groups in total. The quantitative estimate of drug-likeness (QED) is 0.406. The number of hydrogen-bond acceptors (Lipinski definition) is 9. The minimum atomic E-state index is -1.11. The van der Waals surface area contributed by atoms with Crippen LogP contribution in [0.3, 0.4) is 0 Å². The molecule has 1 rings (SSSR count). The number of carbonyl (C=O) groups is 3. The van der Waals surface area contributed by atoms with E-state index in [0.29, 0.717) is 13.1 Å². The van der Waals surface area contributed by atoms with E-state index in [1.807, 2.05) is 0 Å². The van der Waals surface area contributed by atoms with E-state index in [1.165, 1.54) is 0 Å². The van der Waals surface area contributed by atoms with Crippen LogP contribution in [0.1, 0.15) is 54.4 Å². The van der Waals surface area contributed by atoms with E-state index in [0.717, 1.165) is 5.69 Å². The van der Waals surface area contributed by atoms with Gasteiger partial charge >= 0.3 is 18.0 Å². The lowest BCUT2D eigenvalue weighted by Gasteiger charge is -2.25. The third-order valence-electron chi connectivity index (χ3n) is 4.19. The molecular weight excluding hydrogens is 444 g/mol. The van der Waals surface area contributed by atoms with E-state index in [2.05, 4.69) is 5.32 Å². The van der Waals surface area contributed by atoms with E-state index in [9.17, 15) is 14.4 Å². The lowest BCUT2D eigenvalue weighted by atomic mass is 10.1. The van der Waals surface area contributed by atoms with Crippen LogP contribution in [-0.4, -0.2) is 71.8 Å². The van der Waals surface area contributed by atoms with Crippen molar-refractivity contribution in [2.45, 2.75) is 71.6 Å². The first-order valence-corrected chi connectivity index (χ1v) is 11.2. The van der Waals surface area contributed by atoms with Crippen molar-refractivity contribution in [2.24, 2.45) is 0 Å². The van der Waals surface area contributed by atoms with Crippen LogP contribution in [-0.2, 0) is 19.1 Å². The van der Waals surface area contributed by atoms with Gasteiger partial charge in [-0.15, -0.1) is 0 Å². The third-order valence-corrected chi connectivity index (χ3v) is 4.19. The van der Waals surface area contributed by atoms with Crippen molar-refractivity contribution in [3.8, 4) is 5.75 Å². The van der Waals surface area contributed by atoms with Crippen molar-refractivity contribution < 1.29 is 38.8 Å². The highest BCUT2D eigenvalue weighted by molar-refractivity contribution is 5.83. The molecule has 0 spiro atoms. The predicted molar refractivity (Wildman–Crippen MR) is 127 cm³/mol. The summed E-state index contributed by atoms with van der Waals surface area (Å²) in [5.74, 6) is -0.960. The first-order chi connectivity index (χ1) is 15.7. The summed E-state index contributed by atoms with van der Waals surface area (Å²) in [4.78, 5) is 38.9. The summed E-state index contributed by atoms with van der Waals surface area (Å²) in [5.41, 5.74) is -0.710. The Morgan fingerprint density at radius 2 is 1.44 bits per heavy atom. The van der Waals surface area contributed by atoms with Crippen molar-refractivity contribution in [2.75, 3.05) is 31.2 Å². The second-order valence-electron chi connectivity index (χ2n) is 9.67. The molecule has 0 bridgehead atoms. The number of esters is 2. The van der Waals surface area contributed by atoms with Gasteiger partial charge in [0.15, 0.2) is 0 Å². The summed E-state index contributed by atoms with van der Waals surface area (Å²) in [7, 11) is 0. The van der Waals surface area contributed by atoms with Crippen LogP contribution in [0.2, 0.25) is 0 Å². The number of aliphatic hydroxyl groups excluding tert-OH is 2. The normalized spacial score (nSPS) is 12.5. The van der Waals surface area contributed by atoms with Crippen LogP contribution >= 0.6 is 0 Å². The smallest absolute Gasteiger partial charge is 0.413 e. The van der Waals surface area contributed by atoms with Gasteiger partial charge in [-0.05, 0) is 72.2 Å². The highest BCUT2D eigenvalue weighted by Gasteiger charge is 2.29. The topological polar surface area (TPSA) is 135 Å². The molecule has 10 heteroatoms. The van der Waals surface area contributed by atoms with Gasteiger partial charge in [-0.3, -0.25) is 4.79 Å². The average Bonchev–Trinajstić information content (AvgIpc) is 2.69. The largest absolute Gasteiger partial charge is 0.460 e. The molecule has 1 aromatic rings. The Morgan fingerprint density at radius 3 is 1.91 bits per heavy atom. The number of benzene rings is 1. The molecule has 0 aliphatic carbocycles. The molecule has 0 aromatic heterocycles. The van der Waals surface area contributed by atoms with Gasteiger partial charge in [-0.1, -0.05) is 0 Å². The maximum atomic E-state index is 12.6. The Morgan fingerprint density at radius 1 is 0.912 bits per heavy atom. The van der Waals surface area contributed by atoms with Crippen LogP contribution in [0.4, 0.5) is 10.5 Å². The summed E-state index contributed by atoms with van der Waals surface area (Å²) in [5, 5.41) is 20.8. The van der Waals surface area contributed by atoms with Crippen LogP contribution in [0.5, 0.6) is 5.75 Å². The lowest BCUT2D eigenvalue weighted by Crippen LogP contribution is -2.45. The van der Waals surface area contributed by atoms with E-state index < -0.39 is 35.3 Å². The summed E-state index contributed by atoms with van der Waals surface area (Å²) in [6.45, 7) is 10.9. The van der Waals surface area contributed by atoms with Crippen LogP contribution in [0, 0.1) is 0 Å². The third kappa shape index (κ3) is 11.9. The Labute approximate surface area is 201 Å². The van der Waals surface area contributed by atoms with Crippen molar-refractivity contribution in [1.82, 2.24) is 5.32 Å². The van der Waals surface area contributed by atoms with Crippen LogP contribution in [0.25, 0.3) is 0 Å². The fourth-order valence-electron chi connectivity index (χ4n) is 2.89. The predicted octanol–water partition coefficient (Wildman–Crippen LogP) is 2.40. The number of rotatable bonds is 11. The second-order valence-corrected chi connectivity index (χ2v) is 9.67. The Bertz CT molecular complexity index is 791. The SMILES string of the molecule is CC(C)(C)OC(=O)CC[C@H](NC(=O)Oc1ccc(N(CCO)CCO)cc1)C(=O)OC(C)(C)C. The van der Waals surface area contributed by atoms with Gasteiger partial charge in [-0.25, -0.2) is 9.59 Å². The van der Waals surface area contributed by atoms with E-state index in [-0.39, 0.29) is 31.8 Å². The molecule has 0 fully saturated rings. The van der Waals surface area contributed by atoms with E-state index in [4.69, 9.17) is 24.4 Å². The number of hydrogen-bond donors (Lipinski definition) is 3. The minimum Gasteiger partial charge on any atom is -0.460 e. The second kappa shape index (κ2) is 13.1.